The molecule has 2 aromatic heterocycles. The summed E-state index contributed by atoms with van der Waals surface area (Å²) in [6, 6.07) is 3.86. The maximum absolute atomic E-state index is 12.5. The molecular weight excluding hydrogens is 242 g/mol. The normalized spacial score (nSPS) is 13.3. The number of nitrogens with zero attached hydrogens (tertiary/aromatic N) is 3. The third-order valence-corrected chi connectivity index (χ3v) is 3.62. The molecule has 5 nitrogen and oxygen atoms in total. The zero-order chi connectivity index (χ0) is 13.6. The van der Waals surface area contributed by atoms with E-state index in [4.69, 9.17) is 4.52 Å². The van der Waals surface area contributed by atoms with Gasteiger partial charge in [0, 0.05) is 12.2 Å². The van der Waals surface area contributed by atoms with Crippen LogP contribution in [-0.4, -0.2) is 9.72 Å². The first-order chi connectivity index (χ1) is 9.13. The number of hydrogen-bond acceptors (Lipinski definition) is 4. The summed E-state index contributed by atoms with van der Waals surface area (Å²) in [5.41, 5.74) is 3.27. The molecule has 0 saturated carbocycles. The molecule has 0 aliphatic carbocycles. The van der Waals surface area contributed by atoms with E-state index in [9.17, 15) is 10.1 Å². The molecule has 1 aliphatic rings. The van der Waals surface area contributed by atoms with Crippen LogP contribution in [0.4, 0.5) is 0 Å². The number of nitriles is 1. The Kier molecular flexibility index (Phi) is 2.53. The molecule has 0 bridgehead atoms. The van der Waals surface area contributed by atoms with E-state index in [1.165, 1.54) is 0 Å². The summed E-state index contributed by atoms with van der Waals surface area (Å²) in [6.07, 6.45) is 1.70. The lowest BCUT2D eigenvalue weighted by Crippen LogP contribution is -2.22. The summed E-state index contributed by atoms with van der Waals surface area (Å²) >= 11 is 0. The summed E-state index contributed by atoms with van der Waals surface area (Å²) < 4.78 is 6.82. The quantitative estimate of drug-likeness (QED) is 0.780. The zero-order valence-electron chi connectivity index (χ0n) is 10.9. The molecule has 0 fully saturated rings. The lowest BCUT2D eigenvalue weighted by molar-refractivity contribution is 0.393. The van der Waals surface area contributed by atoms with Crippen LogP contribution in [0.5, 0.6) is 0 Å². The van der Waals surface area contributed by atoms with Gasteiger partial charge in [0.2, 0.25) is 0 Å². The Morgan fingerprint density at radius 3 is 2.89 bits per heavy atom. The number of pyridine rings is 1. The fourth-order valence-corrected chi connectivity index (χ4v) is 2.76. The van der Waals surface area contributed by atoms with Gasteiger partial charge in [-0.15, -0.1) is 0 Å². The van der Waals surface area contributed by atoms with Crippen LogP contribution in [0.1, 0.15) is 29.1 Å². The Morgan fingerprint density at radius 2 is 2.26 bits per heavy atom. The van der Waals surface area contributed by atoms with Crippen molar-refractivity contribution in [3.05, 3.63) is 39.1 Å². The summed E-state index contributed by atoms with van der Waals surface area (Å²) in [5, 5.41) is 13.1. The van der Waals surface area contributed by atoms with E-state index in [0.29, 0.717) is 34.7 Å². The molecule has 1 aliphatic heterocycles. The molecule has 0 unspecified atom stereocenters. The van der Waals surface area contributed by atoms with Gasteiger partial charge >= 0.3 is 0 Å². The first-order valence-electron chi connectivity index (χ1n) is 6.23. The van der Waals surface area contributed by atoms with E-state index in [0.717, 1.165) is 18.5 Å². The third kappa shape index (κ3) is 1.60. The van der Waals surface area contributed by atoms with E-state index in [1.807, 2.05) is 0 Å². The molecule has 0 aromatic carbocycles. The van der Waals surface area contributed by atoms with Gasteiger partial charge in [0.05, 0.1) is 22.4 Å². The zero-order valence-corrected chi connectivity index (χ0v) is 10.9. The van der Waals surface area contributed by atoms with Gasteiger partial charge < -0.3 is 9.09 Å². The first kappa shape index (κ1) is 11.7. The second kappa shape index (κ2) is 4.09. The number of aryl methyl sites for hydroxylation is 2. The minimum Gasteiger partial charge on any atom is -0.361 e. The average molecular weight is 255 g/mol. The van der Waals surface area contributed by atoms with Gasteiger partial charge in [-0.1, -0.05) is 5.16 Å². The second-order valence-corrected chi connectivity index (χ2v) is 4.79. The van der Waals surface area contributed by atoms with Crippen molar-refractivity contribution in [1.29, 1.82) is 5.26 Å². The number of aromatic nitrogens is 2. The molecule has 3 heterocycles. The standard InChI is InChI=1S/C14H13N3O2/c1-8-13(9(2)19-16-8)11-6-10(7-15)12-4-3-5-17(12)14(11)18/h6H,3-5H2,1-2H3. The topological polar surface area (TPSA) is 71.8 Å². The molecule has 96 valence electrons. The number of hydrogen-bond donors (Lipinski definition) is 0. The maximum Gasteiger partial charge on any atom is 0.258 e. The van der Waals surface area contributed by atoms with Crippen molar-refractivity contribution >= 4 is 0 Å². The molecule has 0 saturated heterocycles. The second-order valence-electron chi connectivity index (χ2n) is 4.79. The molecule has 0 amide bonds. The molecule has 0 N–H and O–H groups in total. The molecule has 19 heavy (non-hydrogen) atoms. The van der Waals surface area contributed by atoms with Crippen LogP contribution in [-0.2, 0) is 13.0 Å². The number of rotatable bonds is 1. The number of fused-ring (bicyclic) bond motifs is 1. The van der Waals surface area contributed by atoms with E-state index >= 15 is 0 Å². The molecule has 0 spiro atoms. The minimum atomic E-state index is -0.0547. The summed E-state index contributed by atoms with van der Waals surface area (Å²) in [4.78, 5) is 12.5. The molecule has 3 rings (SSSR count). The monoisotopic (exact) mass is 255 g/mol. The van der Waals surface area contributed by atoms with Crippen LogP contribution >= 0.6 is 0 Å². The smallest absolute Gasteiger partial charge is 0.258 e. The Balaban J connectivity index is 2.36. The minimum absolute atomic E-state index is 0.0547. The molecule has 5 heteroatoms. The van der Waals surface area contributed by atoms with Crippen LogP contribution in [0.2, 0.25) is 0 Å². The van der Waals surface area contributed by atoms with E-state index in [2.05, 4.69) is 11.2 Å². The highest BCUT2D eigenvalue weighted by atomic mass is 16.5. The highest BCUT2D eigenvalue weighted by Gasteiger charge is 2.22. The van der Waals surface area contributed by atoms with Gasteiger partial charge in [0.25, 0.3) is 5.56 Å². The average Bonchev–Trinajstić information content (AvgIpc) is 2.99. The van der Waals surface area contributed by atoms with Gasteiger partial charge in [-0.25, -0.2) is 0 Å². The highest BCUT2D eigenvalue weighted by Crippen LogP contribution is 2.27. The predicted octanol–water partition coefficient (Wildman–Crippen LogP) is 1.94. The van der Waals surface area contributed by atoms with E-state index in [1.54, 1.807) is 24.5 Å². The van der Waals surface area contributed by atoms with Crippen molar-refractivity contribution in [3.8, 4) is 17.2 Å². The van der Waals surface area contributed by atoms with Crippen molar-refractivity contribution in [1.82, 2.24) is 9.72 Å². The largest absolute Gasteiger partial charge is 0.361 e. The van der Waals surface area contributed by atoms with E-state index in [-0.39, 0.29) is 5.56 Å². The van der Waals surface area contributed by atoms with Crippen LogP contribution in [0.3, 0.4) is 0 Å². The van der Waals surface area contributed by atoms with Gasteiger partial charge in [0.1, 0.15) is 11.8 Å². The predicted molar refractivity (Wildman–Crippen MR) is 68.7 cm³/mol. The molecule has 2 aromatic rings. The van der Waals surface area contributed by atoms with Crippen molar-refractivity contribution in [2.45, 2.75) is 33.2 Å². The third-order valence-electron chi connectivity index (χ3n) is 3.62. The van der Waals surface area contributed by atoms with Crippen molar-refractivity contribution < 1.29 is 4.52 Å². The van der Waals surface area contributed by atoms with Crippen LogP contribution in [0, 0.1) is 25.2 Å². The van der Waals surface area contributed by atoms with Gasteiger partial charge in [-0.2, -0.15) is 5.26 Å². The van der Waals surface area contributed by atoms with Gasteiger partial charge in [-0.05, 0) is 32.8 Å². The summed E-state index contributed by atoms with van der Waals surface area (Å²) in [7, 11) is 0. The maximum atomic E-state index is 12.5. The summed E-state index contributed by atoms with van der Waals surface area (Å²) in [6.45, 7) is 4.26. The fourth-order valence-electron chi connectivity index (χ4n) is 2.76. The Morgan fingerprint density at radius 1 is 1.47 bits per heavy atom. The van der Waals surface area contributed by atoms with Crippen LogP contribution in [0.25, 0.3) is 11.1 Å². The fraction of sp³-hybridized carbons (Fsp3) is 0.357. The van der Waals surface area contributed by atoms with Crippen LogP contribution in [0.15, 0.2) is 15.4 Å². The van der Waals surface area contributed by atoms with Gasteiger partial charge in [0.15, 0.2) is 0 Å². The first-order valence-corrected chi connectivity index (χ1v) is 6.23. The Labute approximate surface area is 110 Å². The van der Waals surface area contributed by atoms with Crippen LogP contribution < -0.4 is 5.56 Å². The van der Waals surface area contributed by atoms with E-state index < -0.39 is 0 Å². The Bertz CT molecular complexity index is 743. The molecule has 0 atom stereocenters. The molecular formula is C14H13N3O2. The van der Waals surface area contributed by atoms with Gasteiger partial charge in [-0.3, -0.25) is 4.79 Å². The van der Waals surface area contributed by atoms with Crippen molar-refractivity contribution in [3.63, 3.8) is 0 Å². The summed E-state index contributed by atoms with van der Waals surface area (Å²) in [5.74, 6) is 0.608. The van der Waals surface area contributed by atoms with Crippen molar-refractivity contribution in [2.75, 3.05) is 0 Å². The SMILES string of the molecule is Cc1noc(C)c1-c1cc(C#N)c2n(c1=O)CCC2. The molecule has 0 radical (unpaired) electrons. The highest BCUT2D eigenvalue weighted by molar-refractivity contribution is 5.68. The Hall–Kier alpha value is -2.35. The lowest BCUT2D eigenvalue weighted by atomic mass is 10.0. The van der Waals surface area contributed by atoms with Crippen molar-refractivity contribution in [2.24, 2.45) is 0 Å². The lowest BCUT2D eigenvalue weighted by Gasteiger charge is -2.08.